The number of benzene rings is 1. The molecule has 0 amide bonds. The third-order valence-corrected chi connectivity index (χ3v) is 2.59. The molecule has 1 N–H and O–H groups in total. The predicted octanol–water partition coefficient (Wildman–Crippen LogP) is 1.48. The van der Waals surface area contributed by atoms with Gasteiger partial charge >= 0.3 is 5.97 Å². The van der Waals surface area contributed by atoms with Crippen molar-refractivity contribution in [3.8, 4) is 0 Å². The number of carboxylic acids is 1. The largest absolute Gasteiger partial charge is 0.478 e. The van der Waals surface area contributed by atoms with Gasteiger partial charge in [-0.1, -0.05) is 0 Å². The van der Waals surface area contributed by atoms with Gasteiger partial charge in [0.25, 0.3) is 0 Å². The highest BCUT2D eigenvalue weighted by Gasteiger charge is 2.21. The second-order valence-corrected chi connectivity index (χ2v) is 4.01. The van der Waals surface area contributed by atoms with E-state index in [1.807, 2.05) is 0 Å². The van der Waals surface area contributed by atoms with Crippen molar-refractivity contribution in [1.29, 1.82) is 0 Å². The smallest absolute Gasteiger partial charge is 0.337 e. The van der Waals surface area contributed by atoms with Crippen molar-refractivity contribution in [2.45, 2.75) is 0 Å². The van der Waals surface area contributed by atoms with Crippen LogP contribution in [0.15, 0.2) is 12.4 Å². The van der Waals surface area contributed by atoms with Gasteiger partial charge in [-0.3, -0.25) is 0 Å². The number of carboxylic acid groups (broad SMARTS) is 1. The third-order valence-electron chi connectivity index (χ3n) is 2.59. The first-order valence-electron chi connectivity index (χ1n) is 4.97. The first-order chi connectivity index (χ1) is 7.93. The van der Waals surface area contributed by atoms with Crippen molar-refractivity contribution in [2.75, 3.05) is 19.0 Å². The fourth-order valence-electron chi connectivity index (χ4n) is 1.86. The van der Waals surface area contributed by atoms with Crippen molar-refractivity contribution in [3.05, 3.63) is 23.8 Å². The number of imidazole rings is 1. The minimum atomic E-state index is -1.17. The van der Waals surface area contributed by atoms with E-state index >= 15 is 0 Å². The molecule has 0 unspecified atom stereocenters. The molecule has 5 nitrogen and oxygen atoms in total. The molecule has 17 heavy (non-hydrogen) atoms. The van der Waals surface area contributed by atoms with E-state index in [1.54, 1.807) is 21.1 Å². The van der Waals surface area contributed by atoms with Gasteiger partial charge in [0, 0.05) is 21.1 Å². The second kappa shape index (κ2) is 3.73. The van der Waals surface area contributed by atoms with E-state index in [9.17, 15) is 9.18 Å². The molecule has 2 aromatic rings. The Morgan fingerprint density at radius 1 is 1.53 bits per heavy atom. The maximum Gasteiger partial charge on any atom is 0.337 e. The maximum atomic E-state index is 14.3. The highest BCUT2D eigenvalue weighted by atomic mass is 19.1. The molecule has 0 saturated carbocycles. The molecule has 1 aromatic heterocycles. The number of anilines is 1. The van der Waals surface area contributed by atoms with E-state index < -0.39 is 11.8 Å². The number of halogens is 1. The van der Waals surface area contributed by atoms with Crippen LogP contribution >= 0.6 is 0 Å². The van der Waals surface area contributed by atoms with E-state index in [-0.39, 0.29) is 11.3 Å². The van der Waals surface area contributed by atoms with Gasteiger partial charge in [-0.15, -0.1) is 0 Å². The molecule has 0 bridgehead atoms. The SMILES string of the molecule is CN(C)c1c(C(=O)O)cc2ncn(C)c2c1F. The normalized spacial score (nSPS) is 10.8. The summed E-state index contributed by atoms with van der Waals surface area (Å²) in [6, 6.07) is 1.38. The van der Waals surface area contributed by atoms with Crippen LogP contribution in [0.1, 0.15) is 10.4 Å². The Hall–Kier alpha value is -2.11. The lowest BCUT2D eigenvalue weighted by Gasteiger charge is -2.17. The number of hydrogen-bond donors (Lipinski definition) is 1. The molecule has 0 spiro atoms. The summed E-state index contributed by atoms with van der Waals surface area (Å²) in [5, 5.41) is 9.08. The molecule has 0 aliphatic heterocycles. The fraction of sp³-hybridized carbons (Fsp3) is 0.273. The van der Waals surface area contributed by atoms with Crippen molar-refractivity contribution in [1.82, 2.24) is 9.55 Å². The van der Waals surface area contributed by atoms with Crippen molar-refractivity contribution in [2.24, 2.45) is 7.05 Å². The number of hydrogen-bond acceptors (Lipinski definition) is 3. The zero-order valence-electron chi connectivity index (χ0n) is 9.73. The van der Waals surface area contributed by atoms with E-state index in [1.165, 1.54) is 21.9 Å². The number of aromatic carboxylic acids is 1. The van der Waals surface area contributed by atoms with E-state index in [2.05, 4.69) is 4.98 Å². The Morgan fingerprint density at radius 2 is 2.18 bits per heavy atom. The first kappa shape index (κ1) is 11.4. The van der Waals surface area contributed by atoms with Gasteiger partial charge in [-0.25, -0.2) is 14.2 Å². The summed E-state index contributed by atoms with van der Waals surface area (Å²) in [6.45, 7) is 0. The summed E-state index contributed by atoms with van der Waals surface area (Å²) in [4.78, 5) is 16.5. The van der Waals surface area contributed by atoms with Crippen molar-refractivity contribution < 1.29 is 14.3 Å². The molecule has 0 atom stereocenters. The predicted molar refractivity (Wildman–Crippen MR) is 62.0 cm³/mol. The minimum Gasteiger partial charge on any atom is -0.478 e. The molecule has 1 aromatic carbocycles. The highest BCUT2D eigenvalue weighted by Crippen LogP contribution is 2.29. The molecule has 0 radical (unpaired) electrons. The third kappa shape index (κ3) is 1.61. The zero-order chi connectivity index (χ0) is 12.7. The van der Waals surface area contributed by atoms with E-state index in [0.717, 1.165) is 0 Å². The summed E-state index contributed by atoms with van der Waals surface area (Å²) in [7, 11) is 4.87. The van der Waals surface area contributed by atoms with Crippen molar-refractivity contribution >= 4 is 22.7 Å². The second-order valence-electron chi connectivity index (χ2n) is 4.01. The average Bonchev–Trinajstić information content (AvgIpc) is 2.59. The monoisotopic (exact) mass is 237 g/mol. The Bertz CT molecular complexity index is 604. The number of carbonyl (C=O) groups is 1. The lowest BCUT2D eigenvalue weighted by Crippen LogP contribution is -2.16. The van der Waals surface area contributed by atoms with Gasteiger partial charge in [-0.2, -0.15) is 0 Å². The van der Waals surface area contributed by atoms with Crippen LogP contribution in [0, 0.1) is 5.82 Å². The Kier molecular flexibility index (Phi) is 2.49. The van der Waals surface area contributed by atoms with Gasteiger partial charge in [-0.05, 0) is 6.07 Å². The Morgan fingerprint density at radius 3 is 2.71 bits per heavy atom. The molecule has 0 aliphatic carbocycles. The summed E-state index contributed by atoms with van der Waals surface area (Å²) in [6.07, 6.45) is 1.46. The Labute approximate surface area is 97.1 Å². The Balaban J connectivity index is 2.91. The van der Waals surface area contributed by atoms with Crippen LogP contribution in [0.5, 0.6) is 0 Å². The quantitative estimate of drug-likeness (QED) is 0.859. The number of aromatic nitrogens is 2. The number of aryl methyl sites for hydroxylation is 1. The van der Waals surface area contributed by atoms with Gasteiger partial charge < -0.3 is 14.6 Å². The van der Waals surface area contributed by atoms with Gasteiger partial charge in [0.2, 0.25) is 0 Å². The zero-order valence-corrected chi connectivity index (χ0v) is 9.73. The van der Waals surface area contributed by atoms with Crippen LogP contribution in [-0.4, -0.2) is 34.7 Å². The molecular weight excluding hydrogens is 225 g/mol. The molecule has 0 fully saturated rings. The lowest BCUT2D eigenvalue weighted by atomic mass is 10.1. The summed E-state index contributed by atoms with van der Waals surface area (Å²) < 4.78 is 15.8. The molecular formula is C11H12FN3O2. The topological polar surface area (TPSA) is 58.4 Å². The van der Waals surface area contributed by atoms with Crippen LogP contribution in [-0.2, 0) is 7.05 Å². The minimum absolute atomic E-state index is 0.0635. The summed E-state index contributed by atoms with van der Waals surface area (Å²) >= 11 is 0. The van der Waals surface area contributed by atoms with Crippen LogP contribution < -0.4 is 4.90 Å². The summed E-state index contributed by atoms with van der Waals surface area (Å²) in [5.41, 5.74) is 0.624. The number of rotatable bonds is 2. The van der Waals surface area contributed by atoms with E-state index in [0.29, 0.717) is 11.0 Å². The molecule has 0 aliphatic rings. The fourth-order valence-corrected chi connectivity index (χ4v) is 1.86. The van der Waals surface area contributed by atoms with Crippen LogP contribution in [0.3, 0.4) is 0 Å². The van der Waals surface area contributed by atoms with Gasteiger partial charge in [0.05, 0.1) is 23.1 Å². The lowest BCUT2D eigenvalue weighted by molar-refractivity contribution is 0.0697. The van der Waals surface area contributed by atoms with Crippen LogP contribution in [0.25, 0.3) is 11.0 Å². The van der Waals surface area contributed by atoms with Crippen LogP contribution in [0.4, 0.5) is 10.1 Å². The standard InChI is InChI=1S/C11H12FN3O2/c1-14(2)9-6(11(16)17)4-7-10(8(9)12)15(3)5-13-7/h4-5H,1-3H3,(H,16,17). The number of fused-ring (bicyclic) bond motifs is 1. The average molecular weight is 237 g/mol. The maximum absolute atomic E-state index is 14.3. The molecule has 90 valence electrons. The highest BCUT2D eigenvalue weighted by molar-refractivity contribution is 5.99. The molecule has 1 heterocycles. The molecule has 6 heteroatoms. The summed E-state index contributed by atoms with van der Waals surface area (Å²) in [5.74, 6) is -1.73. The van der Waals surface area contributed by atoms with Crippen molar-refractivity contribution in [3.63, 3.8) is 0 Å². The van der Waals surface area contributed by atoms with Gasteiger partial charge in [0.15, 0.2) is 5.82 Å². The molecule has 2 rings (SSSR count). The van der Waals surface area contributed by atoms with Crippen LogP contribution in [0.2, 0.25) is 0 Å². The number of nitrogens with zero attached hydrogens (tertiary/aromatic N) is 3. The van der Waals surface area contributed by atoms with E-state index in [4.69, 9.17) is 5.11 Å². The first-order valence-corrected chi connectivity index (χ1v) is 4.97. The van der Waals surface area contributed by atoms with Gasteiger partial charge in [0.1, 0.15) is 5.52 Å². The molecule has 0 saturated heterocycles.